The van der Waals surface area contributed by atoms with E-state index in [9.17, 15) is 14.7 Å². The normalized spacial score (nSPS) is 17.2. The molecule has 0 aromatic heterocycles. The maximum Gasteiger partial charge on any atom is 0.306 e. The number of aliphatic hydroxyl groups excluding tert-OH is 1. The van der Waals surface area contributed by atoms with Gasteiger partial charge in [0.1, 0.15) is 12.2 Å². The maximum absolute atomic E-state index is 12.6. The van der Waals surface area contributed by atoms with Gasteiger partial charge in [0.25, 0.3) is 0 Å². The molecule has 1 saturated carbocycles. The Hall–Kier alpha value is -1.14. The van der Waals surface area contributed by atoms with Gasteiger partial charge < -0.3 is 19.5 Å². The van der Waals surface area contributed by atoms with E-state index in [1.165, 1.54) is 109 Å². The lowest BCUT2D eigenvalue weighted by molar-refractivity contribution is -0.151. The minimum Gasteiger partial charge on any atom is -0.462 e. The smallest absolute Gasteiger partial charge is 0.306 e. The van der Waals surface area contributed by atoms with Crippen LogP contribution in [0, 0.1) is 5.92 Å². The number of hydrogen-bond donors (Lipinski definition) is 1. The molecule has 278 valence electrons. The molecule has 0 aliphatic heterocycles. The predicted octanol–water partition coefficient (Wildman–Crippen LogP) is 11.1. The molecular weight excluding hydrogens is 586 g/mol. The lowest BCUT2D eigenvalue weighted by Gasteiger charge is -2.28. The second-order valence-corrected chi connectivity index (χ2v) is 14.7. The third kappa shape index (κ3) is 26.4. The number of rotatable bonds is 33. The van der Waals surface area contributed by atoms with Crippen LogP contribution in [0.4, 0.5) is 0 Å². The quantitative estimate of drug-likeness (QED) is 0.0555. The van der Waals surface area contributed by atoms with Crippen molar-refractivity contribution in [2.45, 2.75) is 219 Å². The minimum atomic E-state index is -0.0531. The molecule has 0 bridgehead atoms. The molecule has 0 saturated heterocycles. The molecule has 6 nitrogen and oxygen atoms in total. The van der Waals surface area contributed by atoms with Crippen LogP contribution < -0.4 is 0 Å². The molecule has 0 spiro atoms. The van der Waals surface area contributed by atoms with Crippen LogP contribution in [-0.2, 0) is 19.1 Å². The fourth-order valence-corrected chi connectivity index (χ4v) is 7.16. The van der Waals surface area contributed by atoms with Crippen LogP contribution in [0.15, 0.2) is 0 Å². The summed E-state index contributed by atoms with van der Waals surface area (Å²) in [6, 6.07) is 0. The SMILES string of the molecule is CCCCCCCCC(CCCCCCC)OC(=O)CCCCCCCN(CCO)CCCC(=O)OC1CCC(CCCCC)CC1. The van der Waals surface area contributed by atoms with Crippen LogP contribution in [-0.4, -0.2) is 60.4 Å². The van der Waals surface area contributed by atoms with E-state index in [-0.39, 0.29) is 30.8 Å². The Morgan fingerprint density at radius 1 is 0.596 bits per heavy atom. The number of carbonyl (C=O) groups is 2. The minimum absolute atomic E-state index is 0.00252. The van der Waals surface area contributed by atoms with Gasteiger partial charge in [-0.2, -0.15) is 0 Å². The third-order valence-corrected chi connectivity index (χ3v) is 10.2. The van der Waals surface area contributed by atoms with Gasteiger partial charge in [-0.3, -0.25) is 9.59 Å². The van der Waals surface area contributed by atoms with Crippen molar-refractivity contribution in [3.63, 3.8) is 0 Å². The first-order valence-corrected chi connectivity index (χ1v) is 20.7. The molecule has 1 N–H and O–H groups in total. The molecule has 0 heterocycles. The number of unbranched alkanes of at least 4 members (excludes halogenated alkanes) is 15. The molecule has 0 aromatic carbocycles. The van der Waals surface area contributed by atoms with Gasteiger partial charge in [-0.1, -0.05) is 124 Å². The maximum atomic E-state index is 12.6. The number of hydrogen-bond acceptors (Lipinski definition) is 6. The van der Waals surface area contributed by atoms with Gasteiger partial charge in [-0.15, -0.1) is 0 Å². The van der Waals surface area contributed by atoms with Gasteiger partial charge in [0.05, 0.1) is 6.61 Å². The molecule has 1 atom stereocenters. The van der Waals surface area contributed by atoms with Gasteiger partial charge in [0.2, 0.25) is 0 Å². The van der Waals surface area contributed by atoms with Gasteiger partial charge in [0.15, 0.2) is 0 Å². The Morgan fingerprint density at radius 2 is 1.11 bits per heavy atom. The summed E-state index contributed by atoms with van der Waals surface area (Å²) in [7, 11) is 0. The molecule has 1 unspecified atom stereocenters. The molecule has 47 heavy (non-hydrogen) atoms. The number of aliphatic hydroxyl groups is 1. The Kier molecular flexibility index (Phi) is 30.0. The molecular formula is C41H79NO5. The van der Waals surface area contributed by atoms with E-state index in [0.717, 1.165) is 83.2 Å². The largest absolute Gasteiger partial charge is 0.462 e. The van der Waals surface area contributed by atoms with E-state index < -0.39 is 0 Å². The summed E-state index contributed by atoms with van der Waals surface area (Å²) in [5.74, 6) is 0.770. The highest BCUT2D eigenvalue weighted by Crippen LogP contribution is 2.30. The Labute approximate surface area is 291 Å². The summed E-state index contributed by atoms with van der Waals surface area (Å²) in [6.45, 7) is 9.33. The first-order valence-electron chi connectivity index (χ1n) is 20.7. The summed E-state index contributed by atoms with van der Waals surface area (Å²) < 4.78 is 11.8. The summed E-state index contributed by atoms with van der Waals surface area (Å²) in [5.41, 5.74) is 0. The highest BCUT2D eigenvalue weighted by Gasteiger charge is 2.23. The molecule has 0 radical (unpaired) electrons. The molecule has 0 amide bonds. The van der Waals surface area contributed by atoms with Gasteiger partial charge in [0, 0.05) is 19.4 Å². The van der Waals surface area contributed by atoms with Crippen molar-refractivity contribution in [3.8, 4) is 0 Å². The second-order valence-electron chi connectivity index (χ2n) is 14.7. The molecule has 1 rings (SSSR count). The highest BCUT2D eigenvalue weighted by molar-refractivity contribution is 5.69. The van der Waals surface area contributed by atoms with Crippen LogP contribution >= 0.6 is 0 Å². The predicted molar refractivity (Wildman–Crippen MR) is 198 cm³/mol. The second kappa shape index (κ2) is 32.1. The summed E-state index contributed by atoms with van der Waals surface area (Å²) in [4.78, 5) is 27.4. The van der Waals surface area contributed by atoms with E-state index in [0.29, 0.717) is 19.4 Å². The van der Waals surface area contributed by atoms with Crippen molar-refractivity contribution >= 4 is 11.9 Å². The average molecular weight is 666 g/mol. The van der Waals surface area contributed by atoms with E-state index >= 15 is 0 Å². The van der Waals surface area contributed by atoms with Gasteiger partial charge in [-0.25, -0.2) is 0 Å². The molecule has 6 heteroatoms. The zero-order valence-corrected chi connectivity index (χ0v) is 31.6. The van der Waals surface area contributed by atoms with Crippen molar-refractivity contribution in [2.75, 3.05) is 26.2 Å². The van der Waals surface area contributed by atoms with Crippen LogP contribution in [0.1, 0.15) is 207 Å². The number of ether oxygens (including phenoxy) is 2. The summed E-state index contributed by atoms with van der Waals surface area (Å²) >= 11 is 0. The molecule has 0 aromatic rings. The van der Waals surface area contributed by atoms with Crippen molar-refractivity contribution < 1.29 is 24.2 Å². The Morgan fingerprint density at radius 3 is 1.72 bits per heavy atom. The number of carbonyl (C=O) groups excluding carboxylic acids is 2. The van der Waals surface area contributed by atoms with Gasteiger partial charge >= 0.3 is 11.9 Å². The number of esters is 2. The molecule has 1 aliphatic rings. The van der Waals surface area contributed by atoms with Gasteiger partial charge in [-0.05, 0) is 89.6 Å². The zero-order chi connectivity index (χ0) is 34.2. The highest BCUT2D eigenvalue weighted by atomic mass is 16.5. The van der Waals surface area contributed by atoms with Crippen LogP contribution in [0.3, 0.4) is 0 Å². The fourth-order valence-electron chi connectivity index (χ4n) is 7.16. The monoisotopic (exact) mass is 666 g/mol. The average Bonchev–Trinajstić information content (AvgIpc) is 3.06. The van der Waals surface area contributed by atoms with E-state index in [4.69, 9.17) is 9.47 Å². The van der Waals surface area contributed by atoms with Crippen molar-refractivity contribution in [1.82, 2.24) is 4.90 Å². The Balaban J connectivity index is 2.16. The van der Waals surface area contributed by atoms with E-state index in [1.54, 1.807) is 0 Å². The van der Waals surface area contributed by atoms with Crippen molar-refractivity contribution in [2.24, 2.45) is 5.92 Å². The van der Waals surface area contributed by atoms with E-state index in [1.807, 2.05) is 0 Å². The Bertz CT molecular complexity index is 708. The van der Waals surface area contributed by atoms with Crippen LogP contribution in [0.5, 0.6) is 0 Å². The summed E-state index contributed by atoms with van der Waals surface area (Å²) in [5, 5.41) is 9.53. The topological polar surface area (TPSA) is 76.1 Å². The third-order valence-electron chi connectivity index (χ3n) is 10.2. The standard InChI is InChI=1S/C41H79NO5/c1-4-7-10-12-15-20-26-38(25-19-14-11-8-5-2)46-40(44)27-21-16-13-17-22-33-42(35-36-43)34-23-28-41(45)47-39-31-29-37(30-32-39)24-18-9-6-3/h37-39,43H,4-36H2,1-3H3. The van der Waals surface area contributed by atoms with E-state index in [2.05, 4.69) is 25.7 Å². The first kappa shape index (κ1) is 43.9. The zero-order valence-electron chi connectivity index (χ0n) is 31.6. The molecule has 1 fully saturated rings. The number of nitrogens with zero attached hydrogens (tertiary/aromatic N) is 1. The molecule has 1 aliphatic carbocycles. The fraction of sp³-hybridized carbons (Fsp3) is 0.951. The van der Waals surface area contributed by atoms with Crippen LogP contribution in [0.25, 0.3) is 0 Å². The lowest BCUT2D eigenvalue weighted by atomic mass is 9.84. The van der Waals surface area contributed by atoms with Crippen molar-refractivity contribution in [1.29, 1.82) is 0 Å². The summed E-state index contributed by atoms with van der Waals surface area (Å²) in [6.07, 6.45) is 33.0. The lowest BCUT2D eigenvalue weighted by Crippen LogP contribution is -2.30. The first-order chi connectivity index (χ1) is 23.0. The van der Waals surface area contributed by atoms with Crippen LogP contribution in [0.2, 0.25) is 0 Å². The van der Waals surface area contributed by atoms with Crippen molar-refractivity contribution in [3.05, 3.63) is 0 Å².